The summed E-state index contributed by atoms with van der Waals surface area (Å²) in [4.78, 5) is 7.28. The Kier molecular flexibility index (Phi) is 4.00. The van der Waals surface area contributed by atoms with Crippen molar-refractivity contribution in [2.24, 2.45) is 0 Å². The summed E-state index contributed by atoms with van der Waals surface area (Å²) in [7, 11) is 0. The molecule has 3 heterocycles. The van der Waals surface area contributed by atoms with Gasteiger partial charge in [0, 0.05) is 51.0 Å². The molecule has 5 nitrogen and oxygen atoms in total. The van der Waals surface area contributed by atoms with E-state index in [4.69, 9.17) is 0 Å². The third kappa shape index (κ3) is 2.92. The first-order valence-corrected chi connectivity index (χ1v) is 9.61. The van der Waals surface area contributed by atoms with E-state index in [1.807, 2.05) is 12.1 Å². The van der Waals surface area contributed by atoms with E-state index in [1.165, 1.54) is 17.7 Å². The van der Waals surface area contributed by atoms with E-state index < -0.39 is 0 Å². The first kappa shape index (κ1) is 16.0. The summed E-state index contributed by atoms with van der Waals surface area (Å²) in [5, 5.41) is 8.84. The molecule has 0 unspecified atom stereocenters. The molecule has 0 saturated carbocycles. The fourth-order valence-corrected chi connectivity index (χ4v) is 4.34. The van der Waals surface area contributed by atoms with Gasteiger partial charge in [-0.2, -0.15) is 5.10 Å². The Morgan fingerprint density at radius 2 is 1.65 bits per heavy atom. The molecule has 2 saturated heterocycles. The molecule has 1 aliphatic carbocycles. The molecule has 0 spiro atoms. The fraction of sp³-hybridized carbons (Fsp3) is 0.500. The number of aromatic nitrogens is 2. The van der Waals surface area contributed by atoms with Crippen LogP contribution < -0.4 is 9.80 Å². The van der Waals surface area contributed by atoms with Crippen molar-refractivity contribution in [1.29, 1.82) is 0 Å². The zero-order valence-electron chi connectivity index (χ0n) is 14.9. The topological polar surface area (TPSA) is 35.5 Å². The Hall–Kier alpha value is -2.21. The third-order valence-electron chi connectivity index (χ3n) is 6.02. The van der Waals surface area contributed by atoms with Crippen LogP contribution in [0.3, 0.4) is 0 Å². The van der Waals surface area contributed by atoms with Gasteiger partial charge >= 0.3 is 0 Å². The summed E-state index contributed by atoms with van der Waals surface area (Å²) in [6, 6.07) is 9.70. The smallest absolute Gasteiger partial charge is 0.151 e. The van der Waals surface area contributed by atoms with Crippen LogP contribution in [0, 0.1) is 5.82 Å². The molecule has 2 aliphatic heterocycles. The lowest BCUT2D eigenvalue weighted by Crippen LogP contribution is -2.63. The SMILES string of the molecule is Fc1ccc(N2CCN(C3CN(c4cc5c(nn4)CCC5)C3)CC2)cc1. The molecule has 2 aromatic rings. The van der Waals surface area contributed by atoms with Crippen LogP contribution >= 0.6 is 0 Å². The maximum atomic E-state index is 13.1. The number of hydrogen-bond donors (Lipinski definition) is 0. The van der Waals surface area contributed by atoms with Crippen LogP contribution in [0.15, 0.2) is 30.3 Å². The third-order valence-corrected chi connectivity index (χ3v) is 6.02. The number of anilines is 2. The highest BCUT2D eigenvalue weighted by Crippen LogP contribution is 2.27. The number of nitrogens with zero attached hydrogens (tertiary/aromatic N) is 5. The largest absolute Gasteiger partial charge is 0.369 e. The number of hydrogen-bond acceptors (Lipinski definition) is 5. The lowest BCUT2D eigenvalue weighted by atomic mass is 10.1. The zero-order valence-corrected chi connectivity index (χ0v) is 14.9. The maximum Gasteiger partial charge on any atom is 0.151 e. The first-order valence-electron chi connectivity index (χ1n) is 9.61. The van der Waals surface area contributed by atoms with Crippen molar-refractivity contribution in [1.82, 2.24) is 15.1 Å². The number of halogens is 1. The van der Waals surface area contributed by atoms with Crippen LogP contribution in [-0.4, -0.2) is 60.4 Å². The number of piperazine rings is 1. The number of fused-ring (bicyclic) bond motifs is 1. The molecule has 5 rings (SSSR count). The van der Waals surface area contributed by atoms with Crippen LogP contribution in [0.2, 0.25) is 0 Å². The summed E-state index contributed by atoms with van der Waals surface area (Å²) in [5.74, 6) is 0.878. The van der Waals surface area contributed by atoms with Gasteiger partial charge in [0.2, 0.25) is 0 Å². The summed E-state index contributed by atoms with van der Waals surface area (Å²) >= 11 is 0. The molecule has 136 valence electrons. The second-order valence-electron chi connectivity index (χ2n) is 7.59. The average Bonchev–Trinajstić information content (AvgIpc) is 3.10. The fourth-order valence-electron chi connectivity index (χ4n) is 4.34. The Bertz CT molecular complexity index is 779. The van der Waals surface area contributed by atoms with Gasteiger partial charge in [-0.3, -0.25) is 4.90 Å². The molecule has 2 fully saturated rings. The molecule has 6 heteroatoms. The highest BCUT2D eigenvalue weighted by atomic mass is 19.1. The molecular formula is C20H24FN5. The van der Waals surface area contributed by atoms with Crippen molar-refractivity contribution < 1.29 is 4.39 Å². The minimum Gasteiger partial charge on any atom is -0.369 e. The highest BCUT2D eigenvalue weighted by Gasteiger charge is 2.34. The molecule has 0 radical (unpaired) electrons. The van der Waals surface area contributed by atoms with Gasteiger partial charge in [0.1, 0.15) is 5.82 Å². The summed E-state index contributed by atoms with van der Waals surface area (Å²) < 4.78 is 13.1. The monoisotopic (exact) mass is 353 g/mol. The second kappa shape index (κ2) is 6.50. The lowest BCUT2D eigenvalue weighted by molar-refractivity contribution is 0.156. The first-order chi connectivity index (χ1) is 12.8. The summed E-state index contributed by atoms with van der Waals surface area (Å²) in [5.41, 5.74) is 3.71. The molecule has 1 aromatic carbocycles. The van der Waals surface area contributed by atoms with E-state index in [1.54, 1.807) is 12.1 Å². The molecule has 0 bridgehead atoms. The van der Waals surface area contributed by atoms with Crippen molar-refractivity contribution in [2.75, 3.05) is 49.1 Å². The van der Waals surface area contributed by atoms with E-state index in [2.05, 4.69) is 31.0 Å². The van der Waals surface area contributed by atoms with Gasteiger partial charge < -0.3 is 9.80 Å². The summed E-state index contributed by atoms with van der Waals surface area (Å²) in [6.45, 7) is 6.22. The van der Waals surface area contributed by atoms with Crippen LogP contribution in [0.5, 0.6) is 0 Å². The normalized spacial score (nSPS) is 21.0. The summed E-state index contributed by atoms with van der Waals surface area (Å²) in [6.07, 6.45) is 3.46. The van der Waals surface area contributed by atoms with Gasteiger partial charge in [0.25, 0.3) is 0 Å². The van der Waals surface area contributed by atoms with Crippen molar-refractivity contribution >= 4 is 11.5 Å². The quantitative estimate of drug-likeness (QED) is 0.845. The van der Waals surface area contributed by atoms with E-state index in [9.17, 15) is 4.39 Å². The van der Waals surface area contributed by atoms with Gasteiger partial charge in [0.15, 0.2) is 5.82 Å². The van der Waals surface area contributed by atoms with Crippen molar-refractivity contribution in [2.45, 2.75) is 25.3 Å². The number of rotatable bonds is 3. The van der Waals surface area contributed by atoms with Gasteiger partial charge in [-0.05, 0) is 55.2 Å². The predicted octanol–water partition coefficient (Wildman–Crippen LogP) is 2.12. The Morgan fingerprint density at radius 1 is 0.885 bits per heavy atom. The van der Waals surface area contributed by atoms with Gasteiger partial charge in [-0.25, -0.2) is 4.39 Å². The minimum atomic E-state index is -0.170. The molecule has 0 amide bonds. The molecular weight excluding hydrogens is 329 g/mol. The molecule has 0 atom stereocenters. The van der Waals surface area contributed by atoms with Gasteiger partial charge in [0.05, 0.1) is 5.69 Å². The Morgan fingerprint density at radius 3 is 2.42 bits per heavy atom. The molecule has 3 aliphatic rings. The molecule has 1 aromatic heterocycles. The van der Waals surface area contributed by atoms with E-state index in [0.717, 1.165) is 63.6 Å². The van der Waals surface area contributed by atoms with Crippen molar-refractivity contribution in [3.05, 3.63) is 47.4 Å². The van der Waals surface area contributed by atoms with Gasteiger partial charge in [-0.1, -0.05) is 0 Å². The van der Waals surface area contributed by atoms with E-state index >= 15 is 0 Å². The molecule has 26 heavy (non-hydrogen) atoms. The van der Waals surface area contributed by atoms with E-state index in [0.29, 0.717) is 6.04 Å². The standard InChI is InChI=1S/C20H24FN5/c21-16-4-6-17(7-5-16)24-8-10-25(11-9-24)18-13-26(14-18)20-12-15-2-1-3-19(15)22-23-20/h4-7,12,18H,1-3,8-11,13-14H2. The second-order valence-corrected chi connectivity index (χ2v) is 7.59. The van der Waals surface area contributed by atoms with Crippen molar-refractivity contribution in [3.8, 4) is 0 Å². The Labute approximate surface area is 153 Å². The predicted molar refractivity (Wildman–Crippen MR) is 100 cm³/mol. The maximum absolute atomic E-state index is 13.1. The number of benzene rings is 1. The van der Waals surface area contributed by atoms with Crippen LogP contribution in [0.1, 0.15) is 17.7 Å². The lowest BCUT2D eigenvalue weighted by Gasteiger charge is -2.48. The van der Waals surface area contributed by atoms with Crippen LogP contribution in [0.25, 0.3) is 0 Å². The minimum absolute atomic E-state index is 0.170. The van der Waals surface area contributed by atoms with Crippen LogP contribution in [-0.2, 0) is 12.8 Å². The van der Waals surface area contributed by atoms with Crippen molar-refractivity contribution in [3.63, 3.8) is 0 Å². The van der Waals surface area contributed by atoms with Crippen LogP contribution in [0.4, 0.5) is 15.9 Å². The highest BCUT2D eigenvalue weighted by molar-refractivity contribution is 5.47. The average molecular weight is 353 g/mol. The zero-order chi connectivity index (χ0) is 17.5. The molecule has 0 N–H and O–H groups in total. The number of aryl methyl sites for hydroxylation is 2. The Balaban J connectivity index is 1.15. The van der Waals surface area contributed by atoms with Gasteiger partial charge in [-0.15, -0.1) is 5.10 Å². The van der Waals surface area contributed by atoms with E-state index in [-0.39, 0.29) is 5.82 Å².